The van der Waals surface area contributed by atoms with Crippen molar-refractivity contribution in [3.05, 3.63) is 22.4 Å². The fourth-order valence-electron chi connectivity index (χ4n) is 2.06. The zero-order chi connectivity index (χ0) is 11.2. The third-order valence-corrected chi connectivity index (χ3v) is 3.77. The van der Waals surface area contributed by atoms with Gasteiger partial charge in [-0.3, -0.25) is 4.99 Å². The predicted molar refractivity (Wildman–Crippen MR) is 78.6 cm³/mol. The molecule has 1 aliphatic rings. The van der Waals surface area contributed by atoms with E-state index >= 15 is 0 Å². The summed E-state index contributed by atoms with van der Waals surface area (Å²) in [4.78, 5) is 6.05. The zero-order valence-electron chi connectivity index (χ0n) is 10.3. The quantitative estimate of drug-likeness (QED) is 0.892. The summed E-state index contributed by atoms with van der Waals surface area (Å²) in [5.74, 6) is 1.22. The van der Waals surface area contributed by atoms with E-state index in [2.05, 4.69) is 34.7 Å². The third kappa shape index (κ3) is 5.09. The van der Waals surface area contributed by atoms with Gasteiger partial charge >= 0.3 is 0 Å². The molecular weight excluding hydrogens is 252 g/mol. The lowest BCUT2D eigenvalue weighted by Crippen LogP contribution is -2.33. The van der Waals surface area contributed by atoms with Crippen LogP contribution in [0.5, 0.6) is 0 Å². The van der Waals surface area contributed by atoms with Crippen LogP contribution in [0, 0.1) is 0 Å². The van der Waals surface area contributed by atoms with Crippen molar-refractivity contribution in [2.75, 3.05) is 6.54 Å². The van der Waals surface area contributed by atoms with Gasteiger partial charge in [0.25, 0.3) is 0 Å². The fraction of sp³-hybridized carbons (Fsp3) is 0.615. The monoisotopic (exact) mass is 272 g/mol. The van der Waals surface area contributed by atoms with E-state index in [1.54, 1.807) is 0 Å². The molecule has 1 aliphatic heterocycles. The number of aliphatic imine (C=N–C) groups is 1. The first-order valence-electron chi connectivity index (χ1n) is 6.17. The molecule has 1 aromatic rings. The van der Waals surface area contributed by atoms with Gasteiger partial charge in [-0.05, 0) is 31.2 Å². The van der Waals surface area contributed by atoms with Crippen LogP contribution in [-0.2, 0) is 6.42 Å². The van der Waals surface area contributed by atoms with Crippen LogP contribution in [-0.4, -0.2) is 18.4 Å². The summed E-state index contributed by atoms with van der Waals surface area (Å²) in [6.07, 6.45) is 6.11. The molecular formula is C13H21ClN2S. The van der Waals surface area contributed by atoms with Crippen molar-refractivity contribution in [3.63, 3.8) is 0 Å². The molecule has 0 radical (unpaired) electrons. The van der Waals surface area contributed by atoms with E-state index in [1.807, 2.05) is 11.3 Å². The Morgan fingerprint density at radius 1 is 1.41 bits per heavy atom. The van der Waals surface area contributed by atoms with E-state index in [9.17, 15) is 0 Å². The molecule has 96 valence electrons. The van der Waals surface area contributed by atoms with Gasteiger partial charge in [0.05, 0.1) is 5.84 Å². The van der Waals surface area contributed by atoms with Crippen LogP contribution in [0.15, 0.2) is 22.5 Å². The number of rotatable bonds is 3. The molecule has 1 N–H and O–H groups in total. The van der Waals surface area contributed by atoms with Gasteiger partial charge < -0.3 is 5.32 Å². The van der Waals surface area contributed by atoms with Crippen LogP contribution in [0.4, 0.5) is 0 Å². The molecule has 17 heavy (non-hydrogen) atoms. The molecule has 0 amide bonds. The van der Waals surface area contributed by atoms with Crippen molar-refractivity contribution >= 4 is 29.6 Å². The lowest BCUT2D eigenvalue weighted by atomic mass is 10.1. The van der Waals surface area contributed by atoms with Gasteiger partial charge in [-0.15, -0.1) is 23.7 Å². The Morgan fingerprint density at radius 2 is 2.29 bits per heavy atom. The molecule has 2 rings (SSSR count). The minimum absolute atomic E-state index is 0. The van der Waals surface area contributed by atoms with Crippen LogP contribution in [0.25, 0.3) is 0 Å². The van der Waals surface area contributed by atoms with Gasteiger partial charge in [-0.1, -0.05) is 12.5 Å². The first-order chi connectivity index (χ1) is 7.84. The molecule has 0 saturated heterocycles. The summed E-state index contributed by atoms with van der Waals surface area (Å²) in [7, 11) is 0. The SMILES string of the molecule is CC(Cc1cccs1)NC1=NCCCCC1.Cl. The predicted octanol–water partition coefficient (Wildman–Crippen LogP) is 3.66. The zero-order valence-corrected chi connectivity index (χ0v) is 11.9. The van der Waals surface area contributed by atoms with Crippen molar-refractivity contribution in [2.24, 2.45) is 4.99 Å². The molecule has 1 aromatic heterocycles. The van der Waals surface area contributed by atoms with Crippen LogP contribution in [0.1, 0.15) is 37.5 Å². The molecule has 0 bridgehead atoms. The van der Waals surface area contributed by atoms with E-state index in [0.29, 0.717) is 6.04 Å². The molecule has 2 heterocycles. The van der Waals surface area contributed by atoms with Gasteiger partial charge in [0.2, 0.25) is 0 Å². The Balaban J connectivity index is 0.00000144. The molecule has 0 fully saturated rings. The van der Waals surface area contributed by atoms with E-state index in [1.165, 1.54) is 30.0 Å². The average molecular weight is 273 g/mol. The Hall–Kier alpha value is -0.540. The standard InChI is InChI=1S/C13H20N2S.ClH/c1-11(10-12-6-5-9-16-12)15-13-7-3-2-4-8-14-13;/h5-6,9,11H,2-4,7-8,10H2,1H3,(H,14,15);1H. The van der Waals surface area contributed by atoms with Gasteiger partial charge in [-0.25, -0.2) is 0 Å². The highest BCUT2D eigenvalue weighted by Crippen LogP contribution is 2.12. The maximum atomic E-state index is 4.60. The Labute approximate surface area is 114 Å². The number of hydrogen-bond acceptors (Lipinski definition) is 3. The molecule has 2 nitrogen and oxygen atoms in total. The minimum Gasteiger partial charge on any atom is -0.371 e. The molecule has 0 saturated carbocycles. The topological polar surface area (TPSA) is 24.4 Å². The molecule has 0 spiro atoms. The summed E-state index contributed by atoms with van der Waals surface area (Å²) in [5.41, 5.74) is 0. The highest BCUT2D eigenvalue weighted by Gasteiger charge is 2.08. The number of amidine groups is 1. The maximum Gasteiger partial charge on any atom is 0.0965 e. The normalized spacial score (nSPS) is 17.6. The Kier molecular flexibility index (Phi) is 6.60. The highest BCUT2D eigenvalue weighted by atomic mass is 35.5. The second-order valence-corrected chi connectivity index (χ2v) is 5.50. The smallest absolute Gasteiger partial charge is 0.0965 e. The number of nitrogens with zero attached hydrogens (tertiary/aromatic N) is 1. The molecule has 1 unspecified atom stereocenters. The van der Waals surface area contributed by atoms with E-state index < -0.39 is 0 Å². The van der Waals surface area contributed by atoms with Crippen molar-refractivity contribution < 1.29 is 0 Å². The maximum absolute atomic E-state index is 4.60. The number of halogens is 1. The summed E-state index contributed by atoms with van der Waals surface area (Å²) >= 11 is 1.84. The number of hydrogen-bond donors (Lipinski definition) is 1. The van der Waals surface area contributed by atoms with Crippen LogP contribution < -0.4 is 5.32 Å². The average Bonchev–Trinajstić information content (AvgIpc) is 2.62. The van der Waals surface area contributed by atoms with E-state index in [0.717, 1.165) is 19.4 Å². The van der Waals surface area contributed by atoms with Crippen molar-refractivity contribution in [3.8, 4) is 0 Å². The van der Waals surface area contributed by atoms with Crippen LogP contribution in [0.3, 0.4) is 0 Å². The second kappa shape index (κ2) is 7.72. The van der Waals surface area contributed by atoms with Gasteiger partial charge in [0, 0.05) is 30.3 Å². The number of nitrogens with one attached hydrogen (secondary N) is 1. The summed E-state index contributed by atoms with van der Waals surface area (Å²) in [6.45, 7) is 3.25. The lowest BCUT2D eigenvalue weighted by Gasteiger charge is -2.15. The Morgan fingerprint density at radius 3 is 3.06 bits per heavy atom. The van der Waals surface area contributed by atoms with Gasteiger partial charge in [-0.2, -0.15) is 0 Å². The summed E-state index contributed by atoms with van der Waals surface area (Å²) in [5, 5.41) is 5.70. The fourth-order valence-corrected chi connectivity index (χ4v) is 2.89. The molecule has 0 aromatic carbocycles. The van der Waals surface area contributed by atoms with Crippen molar-refractivity contribution in [1.29, 1.82) is 0 Å². The largest absolute Gasteiger partial charge is 0.371 e. The minimum atomic E-state index is 0. The van der Waals surface area contributed by atoms with Gasteiger partial charge in [0.1, 0.15) is 0 Å². The van der Waals surface area contributed by atoms with E-state index in [-0.39, 0.29) is 12.4 Å². The summed E-state index contributed by atoms with van der Waals surface area (Å²) < 4.78 is 0. The molecule has 0 aliphatic carbocycles. The first-order valence-corrected chi connectivity index (χ1v) is 7.05. The molecule has 4 heteroatoms. The second-order valence-electron chi connectivity index (χ2n) is 4.47. The summed E-state index contributed by atoms with van der Waals surface area (Å²) in [6, 6.07) is 4.82. The first kappa shape index (κ1) is 14.5. The van der Waals surface area contributed by atoms with Gasteiger partial charge in [0.15, 0.2) is 0 Å². The molecule has 1 atom stereocenters. The van der Waals surface area contributed by atoms with E-state index in [4.69, 9.17) is 0 Å². The van der Waals surface area contributed by atoms with Crippen LogP contribution in [0.2, 0.25) is 0 Å². The van der Waals surface area contributed by atoms with Crippen LogP contribution >= 0.6 is 23.7 Å². The van der Waals surface area contributed by atoms with Crippen molar-refractivity contribution in [2.45, 2.75) is 45.1 Å². The Bertz CT molecular complexity index is 335. The lowest BCUT2D eigenvalue weighted by molar-refractivity contribution is 0.653. The third-order valence-electron chi connectivity index (χ3n) is 2.87. The van der Waals surface area contributed by atoms with Crippen molar-refractivity contribution in [1.82, 2.24) is 5.32 Å². The highest BCUT2D eigenvalue weighted by molar-refractivity contribution is 7.09. The number of thiophene rings is 1.